The molecule has 0 radical (unpaired) electrons. The molecule has 0 atom stereocenters. The second kappa shape index (κ2) is 24.5. The number of thiophene rings is 2. The van der Waals surface area contributed by atoms with Crippen LogP contribution in [0.3, 0.4) is 0 Å². The summed E-state index contributed by atoms with van der Waals surface area (Å²) in [5.41, 5.74) is 11.1. The fourth-order valence-electron chi connectivity index (χ4n) is 6.89. The molecular weight excluding hydrogens is 673 g/mol. The van der Waals surface area contributed by atoms with Crippen LogP contribution in [0.5, 0.6) is 0 Å². The van der Waals surface area contributed by atoms with Gasteiger partial charge in [0.25, 0.3) is 0 Å². The molecule has 2 aromatic rings. The van der Waals surface area contributed by atoms with E-state index in [0.717, 1.165) is 126 Å². The third-order valence-corrected chi connectivity index (χ3v) is 12.7. The monoisotopic (exact) mass is 734 g/mol. The van der Waals surface area contributed by atoms with Crippen LogP contribution in [0, 0.1) is 45.3 Å². The van der Waals surface area contributed by atoms with Crippen molar-refractivity contribution in [1.82, 2.24) is 0 Å². The lowest BCUT2D eigenvalue weighted by molar-refractivity contribution is 0.748. The maximum atomic E-state index is 9.76. The first-order valence-electron chi connectivity index (χ1n) is 20.0. The van der Waals surface area contributed by atoms with E-state index in [-0.39, 0.29) is 11.1 Å². The highest BCUT2D eigenvalue weighted by Gasteiger charge is 2.27. The van der Waals surface area contributed by atoms with Crippen molar-refractivity contribution in [3.63, 3.8) is 0 Å². The molecular formula is C46H62N4S2. The summed E-state index contributed by atoms with van der Waals surface area (Å²) in [4.78, 5) is 5.20. The highest BCUT2D eigenvalue weighted by Crippen LogP contribution is 2.49. The molecule has 0 aliphatic carbocycles. The summed E-state index contributed by atoms with van der Waals surface area (Å²) in [7, 11) is 0. The Morgan fingerprint density at radius 3 is 1.42 bits per heavy atom. The molecule has 4 nitrogen and oxygen atoms in total. The standard InChI is InChI=1S/C46H62N4S2/c1-9-15-21-37(33(7)27-35(29-47)30-48)38(22-16-10-2)34(8)44-41(25-19-13-5)42(26-20-14-6)46(52-44)45-40(24-18-12-4)39(23-17-11-3)43(51-45)28-36(31-49)32-50/h27-28H,9-26H2,1-8H3/b37-33+,38-34+. The molecule has 2 rings (SSSR count). The SMILES string of the molecule is CCCCC(=C(/C)C=C(C#N)C#N)/C(CCCC)=C(\C)c1sc(-c2sc(C=C(C#N)C#N)c(CCCC)c2CCCC)c(CCCC)c1CCCC. The predicted molar refractivity (Wildman–Crippen MR) is 225 cm³/mol. The van der Waals surface area contributed by atoms with Gasteiger partial charge < -0.3 is 0 Å². The number of rotatable bonds is 23. The second-order valence-corrected chi connectivity index (χ2v) is 16.0. The zero-order valence-electron chi connectivity index (χ0n) is 33.5. The summed E-state index contributed by atoms with van der Waals surface area (Å²) in [5.74, 6) is 0. The maximum absolute atomic E-state index is 9.76. The van der Waals surface area contributed by atoms with Crippen molar-refractivity contribution in [2.45, 2.75) is 171 Å². The van der Waals surface area contributed by atoms with Gasteiger partial charge in [0.15, 0.2) is 0 Å². The average molecular weight is 735 g/mol. The van der Waals surface area contributed by atoms with Crippen molar-refractivity contribution < 1.29 is 0 Å². The van der Waals surface area contributed by atoms with Crippen molar-refractivity contribution in [1.29, 1.82) is 21.0 Å². The number of hydrogen-bond acceptors (Lipinski definition) is 6. The van der Waals surface area contributed by atoms with Gasteiger partial charge in [0.2, 0.25) is 0 Å². The topological polar surface area (TPSA) is 95.2 Å². The van der Waals surface area contributed by atoms with E-state index in [4.69, 9.17) is 0 Å². The van der Waals surface area contributed by atoms with E-state index in [9.17, 15) is 21.0 Å². The molecule has 0 spiro atoms. The van der Waals surface area contributed by atoms with Gasteiger partial charge in [0.1, 0.15) is 35.4 Å². The van der Waals surface area contributed by atoms with Gasteiger partial charge in [-0.05, 0) is 148 Å². The average Bonchev–Trinajstić information content (AvgIpc) is 3.69. The van der Waals surface area contributed by atoms with Crippen LogP contribution in [0.25, 0.3) is 21.4 Å². The summed E-state index contributed by atoms with van der Waals surface area (Å²) in [5, 5.41) is 38.8. The molecule has 2 heterocycles. The third-order valence-electron chi connectivity index (χ3n) is 9.90. The van der Waals surface area contributed by atoms with Gasteiger partial charge in [-0.3, -0.25) is 0 Å². The predicted octanol–water partition coefficient (Wildman–Crippen LogP) is 14.7. The Labute approximate surface area is 324 Å². The molecule has 0 amide bonds. The van der Waals surface area contributed by atoms with E-state index in [2.05, 4.69) is 79.7 Å². The van der Waals surface area contributed by atoms with E-state index in [0.29, 0.717) is 0 Å². The minimum Gasteiger partial charge on any atom is -0.192 e. The minimum atomic E-state index is 0.153. The Morgan fingerprint density at radius 2 is 0.942 bits per heavy atom. The normalized spacial score (nSPS) is 11.8. The number of hydrogen-bond donors (Lipinski definition) is 0. The molecule has 6 heteroatoms. The van der Waals surface area contributed by atoms with Crippen LogP contribution in [-0.2, 0) is 25.7 Å². The highest BCUT2D eigenvalue weighted by atomic mass is 32.1. The van der Waals surface area contributed by atoms with Gasteiger partial charge in [-0.1, -0.05) is 80.1 Å². The van der Waals surface area contributed by atoms with Crippen LogP contribution < -0.4 is 0 Å². The molecule has 0 unspecified atom stereocenters. The zero-order chi connectivity index (χ0) is 38.5. The number of nitrogens with zero attached hydrogens (tertiary/aromatic N) is 4. The van der Waals surface area contributed by atoms with E-state index >= 15 is 0 Å². The molecule has 0 aromatic carbocycles. The fraction of sp³-hybridized carbons (Fsp3) is 0.565. The van der Waals surface area contributed by atoms with Gasteiger partial charge in [0, 0.05) is 19.5 Å². The van der Waals surface area contributed by atoms with Crippen LogP contribution in [0.2, 0.25) is 0 Å². The molecule has 278 valence electrons. The summed E-state index contributed by atoms with van der Waals surface area (Å²) in [6, 6.07) is 8.43. The first kappa shape index (κ1) is 44.5. The summed E-state index contributed by atoms with van der Waals surface area (Å²) in [6.07, 6.45) is 22.8. The van der Waals surface area contributed by atoms with Crippen LogP contribution in [-0.4, -0.2) is 0 Å². The van der Waals surface area contributed by atoms with Gasteiger partial charge in [-0.15, -0.1) is 22.7 Å². The van der Waals surface area contributed by atoms with Gasteiger partial charge in [-0.2, -0.15) is 21.0 Å². The van der Waals surface area contributed by atoms with Crippen molar-refractivity contribution in [3.8, 4) is 34.0 Å². The molecule has 52 heavy (non-hydrogen) atoms. The van der Waals surface area contributed by atoms with Gasteiger partial charge in [0.05, 0.1) is 0 Å². The Balaban J connectivity index is 3.22. The number of nitriles is 4. The quantitative estimate of drug-likeness (QED) is 0.0838. The van der Waals surface area contributed by atoms with E-state index in [1.54, 1.807) is 17.4 Å². The molecule has 0 N–H and O–H groups in total. The van der Waals surface area contributed by atoms with Crippen LogP contribution in [0.1, 0.15) is 177 Å². The molecule has 0 aliphatic rings. The Bertz CT molecular complexity index is 1730. The minimum absolute atomic E-state index is 0.153. The van der Waals surface area contributed by atoms with E-state index < -0.39 is 0 Å². The van der Waals surface area contributed by atoms with Crippen molar-refractivity contribution in [2.75, 3.05) is 0 Å². The Kier molecular flexibility index (Phi) is 21.0. The van der Waals surface area contributed by atoms with Crippen molar-refractivity contribution in [3.05, 3.63) is 65.9 Å². The Hall–Kier alpha value is -3.68. The first-order chi connectivity index (χ1) is 25.2. The molecule has 2 aromatic heterocycles. The van der Waals surface area contributed by atoms with Crippen LogP contribution in [0.15, 0.2) is 33.9 Å². The van der Waals surface area contributed by atoms with Crippen molar-refractivity contribution >= 4 is 34.3 Å². The maximum Gasteiger partial charge on any atom is 0.131 e. The van der Waals surface area contributed by atoms with Crippen LogP contribution >= 0.6 is 22.7 Å². The summed E-state index contributed by atoms with van der Waals surface area (Å²) in [6.45, 7) is 17.9. The second-order valence-electron chi connectivity index (χ2n) is 13.9. The van der Waals surface area contributed by atoms with Gasteiger partial charge >= 0.3 is 0 Å². The van der Waals surface area contributed by atoms with E-state index in [1.807, 2.05) is 17.4 Å². The Morgan fingerprint density at radius 1 is 0.519 bits per heavy atom. The largest absolute Gasteiger partial charge is 0.192 e. The molecule has 0 saturated carbocycles. The number of unbranched alkanes of at least 4 members (excludes halogenated alkanes) is 6. The zero-order valence-corrected chi connectivity index (χ0v) is 35.1. The lowest BCUT2D eigenvalue weighted by Gasteiger charge is -2.19. The molecule has 0 aliphatic heterocycles. The molecule has 0 bridgehead atoms. The van der Waals surface area contributed by atoms with Crippen molar-refractivity contribution in [2.24, 2.45) is 0 Å². The fourth-order valence-corrected chi connectivity index (χ4v) is 9.85. The summed E-state index contributed by atoms with van der Waals surface area (Å²) >= 11 is 3.77. The molecule has 0 saturated heterocycles. The summed E-state index contributed by atoms with van der Waals surface area (Å²) < 4.78 is 0. The van der Waals surface area contributed by atoms with Crippen LogP contribution in [0.4, 0.5) is 0 Å². The third kappa shape index (κ3) is 12.2. The van der Waals surface area contributed by atoms with Gasteiger partial charge in [-0.25, -0.2) is 0 Å². The lowest BCUT2D eigenvalue weighted by atomic mass is 9.86. The first-order valence-corrected chi connectivity index (χ1v) is 21.6. The molecule has 0 fully saturated rings. The lowest BCUT2D eigenvalue weighted by Crippen LogP contribution is -2.01. The smallest absolute Gasteiger partial charge is 0.131 e. The highest BCUT2D eigenvalue weighted by molar-refractivity contribution is 7.23. The van der Waals surface area contributed by atoms with E-state index in [1.165, 1.54) is 53.6 Å². The number of allylic oxidation sites excluding steroid dienone is 7.